The SMILES string of the molecule is Cc1nn(Cn2ccc(C(=O)N3CCN(S(=O)(=O)c4cnn(C)c4)CC3)n2)c(C)c1Br. The van der Waals surface area contributed by atoms with E-state index in [-0.39, 0.29) is 23.9 Å². The fourth-order valence-electron chi connectivity index (χ4n) is 3.48. The Morgan fingerprint density at radius 3 is 2.45 bits per heavy atom. The molecule has 1 aliphatic rings. The number of aromatic nitrogens is 6. The first-order chi connectivity index (χ1) is 14.7. The molecule has 13 heteroatoms. The van der Waals surface area contributed by atoms with Crippen molar-refractivity contribution in [1.82, 2.24) is 38.5 Å². The van der Waals surface area contributed by atoms with Crippen LogP contribution in [0.2, 0.25) is 0 Å². The number of nitrogens with zero attached hydrogens (tertiary/aromatic N) is 8. The van der Waals surface area contributed by atoms with Crippen molar-refractivity contribution in [3.05, 3.63) is 46.2 Å². The van der Waals surface area contributed by atoms with Gasteiger partial charge in [0.2, 0.25) is 10.0 Å². The summed E-state index contributed by atoms with van der Waals surface area (Å²) in [5.41, 5.74) is 2.19. The van der Waals surface area contributed by atoms with Crippen molar-refractivity contribution in [2.75, 3.05) is 26.2 Å². The summed E-state index contributed by atoms with van der Waals surface area (Å²) in [5.74, 6) is -0.216. The maximum absolute atomic E-state index is 12.9. The summed E-state index contributed by atoms with van der Waals surface area (Å²) < 4.78 is 32.7. The maximum Gasteiger partial charge on any atom is 0.274 e. The fourth-order valence-corrected chi connectivity index (χ4v) is 5.17. The topological polar surface area (TPSA) is 111 Å². The van der Waals surface area contributed by atoms with Crippen LogP contribution < -0.4 is 0 Å². The van der Waals surface area contributed by atoms with Crippen molar-refractivity contribution in [1.29, 1.82) is 0 Å². The van der Waals surface area contributed by atoms with Gasteiger partial charge in [-0.3, -0.25) is 14.2 Å². The smallest absolute Gasteiger partial charge is 0.274 e. The number of hydrogen-bond acceptors (Lipinski definition) is 6. The second-order valence-electron chi connectivity index (χ2n) is 7.41. The molecule has 0 aromatic carbocycles. The highest BCUT2D eigenvalue weighted by Gasteiger charge is 2.31. The van der Waals surface area contributed by atoms with Crippen LogP contribution in [-0.4, -0.2) is 79.1 Å². The third kappa shape index (κ3) is 4.16. The van der Waals surface area contributed by atoms with Gasteiger partial charge in [0.1, 0.15) is 17.3 Å². The van der Waals surface area contributed by atoms with Gasteiger partial charge in [-0.2, -0.15) is 19.6 Å². The lowest BCUT2D eigenvalue weighted by atomic mass is 10.3. The van der Waals surface area contributed by atoms with Gasteiger partial charge in [0.05, 0.1) is 22.1 Å². The molecule has 3 aromatic heterocycles. The molecule has 1 aliphatic heterocycles. The normalized spacial score (nSPS) is 15.5. The molecule has 1 saturated heterocycles. The van der Waals surface area contributed by atoms with Gasteiger partial charge in [-0.15, -0.1) is 0 Å². The number of aryl methyl sites for hydroxylation is 2. The minimum absolute atomic E-state index is 0.157. The van der Waals surface area contributed by atoms with Crippen LogP contribution in [0.25, 0.3) is 0 Å². The minimum Gasteiger partial charge on any atom is -0.335 e. The first kappa shape index (κ1) is 21.7. The molecule has 166 valence electrons. The van der Waals surface area contributed by atoms with Crippen molar-refractivity contribution in [3.63, 3.8) is 0 Å². The van der Waals surface area contributed by atoms with Crippen LogP contribution >= 0.6 is 15.9 Å². The van der Waals surface area contributed by atoms with Gasteiger partial charge < -0.3 is 4.90 Å². The molecule has 4 rings (SSSR count). The quantitative estimate of drug-likeness (QED) is 0.502. The zero-order valence-corrected chi connectivity index (χ0v) is 19.8. The zero-order valence-electron chi connectivity index (χ0n) is 17.4. The molecular formula is C18H23BrN8O3S. The number of rotatable bonds is 5. The fraction of sp³-hybridized carbons (Fsp3) is 0.444. The maximum atomic E-state index is 12.9. The Bertz CT molecular complexity index is 1220. The molecule has 11 nitrogen and oxygen atoms in total. The minimum atomic E-state index is -3.61. The number of amides is 1. The van der Waals surface area contributed by atoms with Crippen molar-refractivity contribution in [2.24, 2.45) is 7.05 Å². The number of carbonyl (C=O) groups is 1. The molecule has 0 unspecified atom stereocenters. The second kappa shape index (κ2) is 8.20. The zero-order chi connectivity index (χ0) is 22.3. The Morgan fingerprint density at radius 2 is 1.87 bits per heavy atom. The van der Waals surface area contributed by atoms with E-state index in [1.165, 1.54) is 21.4 Å². The molecule has 0 atom stereocenters. The highest BCUT2D eigenvalue weighted by Crippen LogP contribution is 2.20. The van der Waals surface area contributed by atoms with Crippen LogP contribution in [0.4, 0.5) is 0 Å². The Morgan fingerprint density at radius 1 is 1.16 bits per heavy atom. The number of piperazine rings is 1. The van der Waals surface area contributed by atoms with E-state index in [4.69, 9.17) is 0 Å². The first-order valence-electron chi connectivity index (χ1n) is 9.68. The van der Waals surface area contributed by atoms with E-state index in [1.54, 1.807) is 28.9 Å². The Balaban J connectivity index is 1.39. The largest absolute Gasteiger partial charge is 0.335 e. The Kier molecular flexibility index (Phi) is 5.75. The van der Waals surface area contributed by atoms with Crippen molar-refractivity contribution >= 4 is 31.9 Å². The van der Waals surface area contributed by atoms with Crippen LogP contribution in [0, 0.1) is 13.8 Å². The summed E-state index contributed by atoms with van der Waals surface area (Å²) in [6.45, 7) is 5.32. The summed E-state index contributed by atoms with van der Waals surface area (Å²) in [4.78, 5) is 14.6. The predicted octanol–water partition coefficient (Wildman–Crippen LogP) is 0.845. The number of sulfonamides is 1. The lowest BCUT2D eigenvalue weighted by molar-refractivity contribution is 0.0691. The van der Waals surface area contributed by atoms with E-state index in [0.29, 0.717) is 25.5 Å². The van der Waals surface area contributed by atoms with E-state index in [9.17, 15) is 13.2 Å². The van der Waals surface area contributed by atoms with Gasteiger partial charge in [-0.1, -0.05) is 0 Å². The second-order valence-corrected chi connectivity index (χ2v) is 10.1. The number of carbonyl (C=O) groups excluding carboxylic acids is 1. The van der Waals surface area contributed by atoms with Gasteiger partial charge in [0, 0.05) is 45.6 Å². The highest BCUT2D eigenvalue weighted by atomic mass is 79.9. The summed E-state index contributed by atoms with van der Waals surface area (Å²) in [7, 11) is -1.94. The van der Waals surface area contributed by atoms with Gasteiger partial charge in [-0.25, -0.2) is 13.1 Å². The van der Waals surface area contributed by atoms with Gasteiger partial charge in [0.15, 0.2) is 0 Å². The standard InChI is InChI=1S/C18H23BrN8O3S/c1-13-17(19)14(2)27(21-13)12-25-5-4-16(22-25)18(28)24-6-8-26(9-7-24)31(29,30)15-10-20-23(3)11-15/h4-5,10-11H,6-9,12H2,1-3H3. The van der Waals surface area contributed by atoms with Crippen molar-refractivity contribution in [3.8, 4) is 0 Å². The van der Waals surface area contributed by atoms with Crippen LogP contribution in [0.1, 0.15) is 21.9 Å². The van der Waals surface area contributed by atoms with Crippen molar-refractivity contribution < 1.29 is 13.2 Å². The molecular weight excluding hydrogens is 488 g/mol. The van der Waals surface area contributed by atoms with Crippen LogP contribution in [0.3, 0.4) is 0 Å². The highest BCUT2D eigenvalue weighted by molar-refractivity contribution is 9.10. The molecule has 0 radical (unpaired) electrons. The van der Waals surface area contributed by atoms with E-state index in [2.05, 4.69) is 31.2 Å². The van der Waals surface area contributed by atoms with Crippen LogP contribution in [-0.2, 0) is 23.7 Å². The molecule has 31 heavy (non-hydrogen) atoms. The molecule has 0 N–H and O–H groups in total. The molecule has 0 aliphatic carbocycles. The molecule has 1 fully saturated rings. The molecule has 0 saturated carbocycles. The summed E-state index contributed by atoms with van der Waals surface area (Å²) in [6.07, 6.45) is 4.54. The molecule has 3 aromatic rings. The van der Waals surface area contributed by atoms with Crippen molar-refractivity contribution in [2.45, 2.75) is 25.4 Å². The van der Waals surface area contributed by atoms with E-state index < -0.39 is 10.0 Å². The average molecular weight is 511 g/mol. The summed E-state index contributed by atoms with van der Waals surface area (Å²) in [5, 5.41) is 12.8. The van der Waals surface area contributed by atoms with Gasteiger partial charge >= 0.3 is 0 Å². The van der Waals surface area contributed by atoms with Gasteiger partial charge in [0.25, 0.3) is 5.91 Å². The monoisotopic (exact) mass is 510 g/mol. The average Bonchev–Trinajstić information content (AvgIpc) is 3.45. The summed E-state index contributed by atoms with van der Waals surface area (Å²) >= 11 is 3.50. The Labute approximate surface area is 188 Å². The molecule has 0 spiro atoms. The lowest BCUT2D eigenvalue weighted by Gasteiger charge is -2.33. The molecule has 1 amide bonds. The third-order valence-corrected chi connectivity index (χ3v) is 8.28. The predicted molar refractivity (Wildman–Crippen MR) is 115 cm³/mol. The lowest BCUT2D eigenvalue weighted by Crippen LogP contribution is -2.50. The number of hydrogen-bond donors (Lipinski definition) is 0. The summed E-state index contributed by atoms with van der Waals surface area (Å²) in [6, 6.07) is 1.67. The number of halogens is 1. The molecule has 0 bridgehead atoms. The van der Waals surface area contributed by atoms with Gasteiger partial charge in [-0.05, 0) is 35.8 Å². The third-order valence-electron chi connectivity index (χ3n) is 5.28. The van der Waals surface area contributed by atoms with E-state index >= 15 is 0 Å². The van der Waals surface area contributed by atoms with Crippen LogP contribution in [0.5, 0.6) is 0 Å². The first-order valence-corrected chi connectivity index (χ1v) is 11.9. The van der Waals surface area contributed by atoms with E-state index in [1.807, 2.05) is 18.5 Å². The molecule has 4 heterocycles. The Hall–Kier alpha value is -2.51. The van der Waals surface area contributed by atoms with E-state index in [0.717, 1.165) is 15.9 Å². The van der Waals surface area contributed by atoms with Crippen LogP contribution in [0.15, 0.2) is 34.0 Å².